The Labute approximate surface area is 212 Å². The van der Waals surface area contributed by atoms with Crippen molar-refractivity contribution < 1.29 is 24.2 Å². The molecule has 0 aliphatic carbocycles. The Bertz CT molecular complexity index is 1540. The highest BCUT2D eigenvalue weighted by atomic mass is 35.5. The number of aliphatic hydroxyl groups is 1. The average Bonchev–Trinajstić information content (AvgIpc) is 3.18. The number of rotatable bonds is 5. The molecule has 4 aromatic carbocycles. The lowest BCUT2D eigenvalue weighted by atomic mass is 9.91. The number of halogens is 1. The summed E-state index contributed by atoms with van der Waals surface area (Å²) in [6, 6.07) is 24.1. The number of fused-ring (bicyclic) bond motifs is 1. The van der Waals surface area contributed by atoms with E-state index in [-0.39, 0.29) is 11.3 Å². The molecule has 1 N–H and O–H groups in total. The number of hydrogen-bond donors (Lipinski definition) is 1. The second kappa shape index (κ2) is 9.40. The van der Waals surface area contributed by atoms with Gasteiger partial charge in [-0.25, -0.2) is 0 Å². The predicted octanol–water partition coefficient (Wildman–Crippen LogP) is 6.14. The SMILES string of the molecule is COc1cccc(N2C(=O)C(=O)/C(=C(\O)c3ccc(Cl)c(OC)c3)C2c2cccc3ccccc23)c1. The van der Waals surface area contributed by atoms with Crippen molar-refractivity contribution in [2.45, 2.75) is 6.04 Å². The number of Topliss-reactive ketones (excluding diaryl/α,β-unsaturated/α-hetero) is 1. The number of ether oxygens (including phenoxy) is 2. The molecule has 0 saturated carbocycles. The van der Waals surface area contributed by atoms with Gasteiger partial charge in [-0.05, 0) is 46.7 Å². The number of anilines is 1. The van der Waals surface area contributed by atoms with Crippen LogP contribution in [0.15, 0.2) is 90.5 Å². The van der Waals surface area contributed by atoms with E-state index in [9.17, 15) is 14.7 Å². The van der Waals surface area contributed by atoms with Crippen molar-refractivity contribution >= 4 is 45.5 Å². The largest absolute Gasteiger partial charge is 0.507 e. The molecular formula is C29H22ClNO5. The van der Waals surface area contributed by atoms with Gasteiger partial charge in [-0.15, -0.1) is 0 Å². The maximum Gasteiger partial charge on any atom is 0.300 e. The van der Waals surface area contributed by atoms with E-state index in [1.54, 1.807) is 36.4 Å². The highest BCUT2D eigenvalue weighted by Crippen LogP contribution is 2.45. The smallest absolute Gasteiger partial charge is 0.300 e. The molecule has 5 rings (SSSR count). The molecule has 0 bridgehead atoms. The molecule has 180 valence electrons. The topological polar surface area (TPSA) is 76.1 Å². The van der Waals surface area contributed by atoms with Crippen LogP contribution in [0.1, 0.15) is 17.2 Å². The third-order valence-electron chi connectivity index (χ3n) is 6.32. The van der Waals surface area contributed by atoms with Crippen LogP contribution < -0.4 is 14.4 Å². The zero-order valence-corrected chi connectivity index (χ0v) is 20.3. The normalized spacial score (nSPS) is 17.0. The van der Waals surface area contributed by atoms with E-state index >= 15 is 0 Å². The van der Waals surface area contributed by atoms with Crippen molar-refractivity contribution in [3.63, 3.8) is 0 Å². The quantitative estimate of drug-likeness (QED) is 0.203. The maximum absolute atomic E-state index is 13.5. The molecule has 1 heterocycles. The van der Waals surface area contributed by atoms with Crippen LogP contribution in [0.3, 0.4) is 0 Å². The fourth-order valence-electron chi connectivity index (χ4n) is 4.60. The van der Waals surface area contributed by atoms with Gasteiger partial charge < -0.3 is 14.6 Å². The van der Waals surface area contributed by atoms with Crippen molar-refractivity contribution in [3.8, 4) is 11.5 Å². The number of amides is 1. The first-order valence-electron chi connectivity index (χ1n) is 11.2. The molecule has 1 atom stereocenters. The van der Waals surface area contributed by atoms with Gasteiger partial charge in [-0.1, -0.05) is 60.1 Å². The van der Waals surface area contributed by atoms with E-state index in [0.29, 0.717) is 33.3 Å². The fraction of sp³-hybridized carbons (Fsp3) is 0.103. The molecule has 36 heavy (non-hydrogen) atoms. The van der Waals surface area contributed by atoms with Gasteiger partial charge in [0.1, 0.15) is 17.3 Å². The first-order chi connectivity index (χ1) is 17.4. The van der Waals surface area contributed by atoms with Crippen molar-refractivity contribution in [2.24, 2.45) is 0 Å². The van der Waals surface area contributed by atoms with Crippen LogP contribution in [0.4, 0.5) is 5.69 Å². The summed E-state index contributed by atoms with van der Waals surface area (Å²) in [5.74, 6) is -0.976. The fourth-order valence-corrected chi connectivity index (χ4v) is 4.80. The minimum atomic E-state index is -0.884. The Hall–Kier alpha value is -4.29. The van der Waals surface area contributed by atoms with Gasteiger partial charge in [0.05, 0.1) is 30.9 Å². The number of nitrogens with zero attached hydrogens (tertiary/aromatic N) is 1. The minimum Gasteiger partial charge on any atom is -0.507 e. The summed E-state index contributed by atoms with van der Waals surface area (Å²) in [7, 11) is 2.99. The Morgan fingerprint density at radius 2 is 1.64 bits per heavy atom. The molecule has 1 amide bonds. The number of benzene rings is 4. The van der Waals surface area contributed by atoms with Crippen LogP contribution >= 0.6 is 11.6 Å². The van der Waals surface area contributed by atoms with E-state index in [0.717, 1.165) is 10.8 Å². The zero-order chi connectivity index (χ0) is 25.4. The van der Waals surface area contributed by atoms with E-state index in [1.807, 2.05) is 42.5 Å². The van der Waals surface area contributed by atoms with Crippen molar-refractivity contribution in [1.29, 1.82) is 0 Å². The Kier molecular flexibility index (Phi) is 6.12. The highest BCUT2D eigenvalue weighted by Gasteiger charge is 2.47. The first-order valence-corrected chi connectivity index (χ1v) is 11.6. The van der Waals surface area contributed by atoms with Gasteiger partial charge in [0.15, 0.2) is 0 Å². The van der Waals surface area contributed by atoms with E-state index in [1.165, 1.54) is 25.2 Å². The molecule has 0 aromatic heterocycles. The Balaban J connectivity index is 1.80. The van der Waals surface area contributed by atoms with E-state index in [2.05, 4.69) is 0 Å². The lowest BCUT2D eigenvalue weighted by Gasteiger charge is -2.26. The molecule has 1 fully saturated rings. The van der Waals surface area contributed by atoms with Crippen LogP contribution in [0.5, 0.6) is 11.5 Å². The number of aliphatic hydroxyl groups excluding tert-OH is 1. The first kappa shape index (κ1) is 23.5. The Morgan fingerprint density at radius 1 is 0.889 bits per heavy atom. The molecule has 0 radical (unpaired) electrons. The van der Waals surface area contributed by atoms with Crippen molar-refractivity contribution in [1.82, 2.24) is 0 Å². The van der Waals surface area contributed by atoms with Crippen molar-refractivity contribution in [2.75, 3.05) is 19.1 Å². The number of carbonyl (C=O) groups is 2. The summed E-state index contributed by atoms with van der Waals surface area (Å²) >= 11 is 6.17. The molecule has 4 aromatic rings. The summed E-state index contributed by atoms with van der Waals surface area (Å²) in [5.41, 5.74) is 1.47. The van der Waals surface area contributed by atoms with Gasteiger partial charge in [0, 0.05) is 17.3 Å². The summed E-state index contributed by atoms with van der Waals surface area (Å²) < 4.78 is 10.6. The number of ketones is 1. The zero-order valence-electron chi connectivity index (χ0n) is 19.6. The molecular weight excluding hydrogens is 478 g/mol. The van der Waals surface area contributed by atoms with Gasteiger partial charge in [0.25, 0.3) is 11.7 Å². The van der Waals surface area contributed by atoms with Gasteiger partial charge in [-0.2, -0.15) is 0 Å². The third kappa shape index (κ3) is 3.85. The second-order valence-corrected chi connectivity index (χ2v) is 8.70. The molecule has 7 heteroatoms. The molecule has 1 unspecified atom stereocenters. The predicted molar refractivity (Wildman–Crippen MR) is 140 cm³/mol. The van der Waals surface area contributed by atoms with Gasteiger partial charge >= 0.3 is 0 Å². The third-order valence-corrected chi connectivity index (χ3v) is 6.63. The second-order valence-electron chi connectivity index (χ2n) is 8.29. The van der Waals surface area contributed by atoms with Crippen LogP contribution in [-0.4, -0.2) is 31.0 Å². The number of methoxy groups -OCH3 is 2. The Morgan fingerprint density at radius 3 is 2.42 bits per heavy atom. The lowest BCUT2D eigenvalue weighted by Crippen LogP contribution is -2.29. The summed E-state index contributed by atoms with van der Waals surface area (Å²) in [6.45, 7) is 0. The van der Waals surface area contributed by atoms with Crippen LogP contribution in [-0.2, 0) is 9.59 Å². The standard InChI is InChI=1S/C29H22ClNO5/c1-35-20-10-6-9-19(16-20)31-26(22-12-5-8-17-7-3-4-11-21(17)22)25(28(33)29(31)34)27(32)18-13-14-23(30)24(15-18)36-2/h3-16,26,32H,1-2H3/b27-25-. The monoisotopic (exact) mass is 499 g/mol. The van der Waals surface area contributed by atoms with Gasteiger partial charge in [0.2, 0.25) is 0 Å². The molecule has 0 spiro atoms. The highest BCUT2D eigenvalue weighted by molar-refractivity contribution is 6.52. The average molecular weight is 500 g/mol. The molecule has 1 saturated heterocycles. The number of carbonyl (C=O) groups excluding carboxylic acids is 2. The van der Waals surface area contributed by atoms with Crippen LogP contribution in [0, 0.1) is 0 Å². The van der Waals surface area contributed by atoms with E-state index in [4.69, 9.17) is 21.1 Å². The number of hydrogen-bond acceptors (Lipinski definition) is 5. The van der Waals surface area contributed by atoms with Crippen LogP contribution in [0.25, 0.3) is 16.5 Å². The molecule has 1 aliphatic rings. The van der Waals surface area contributed by atoms with Crippen molar-refractivity contribution in [3.05, 3.63) is 107 Å². The summed E-state index contributed by atoms with van der Waals surface area (Å²) in [4.78, 5) is 28.4. The van der Waals surface area contributed by atoms with Crippen LogP contribution in [0.2, 0.25) is 5.02 Å². The maximum atomic E-state index is 13.5. The lowest BCUT2D eigenvalue weighted by molar-refractivity contribution is -0.132. The minimum absolute atomic E-state index is 0.0245. The summed E-state index contributed by atoms with van der Waals surface area (Å²) in [5, 5.41) is 13.6. The molecule has 6 nitrogen and oxygen atoms in total. The molecule has 1 aliphatic heterocycles. The summed E-state index contributed by atoms with van der Waals surface area (Å²) in [6.07, 6.45) is 0. The van der Waals surface area contributed by atoms with Gasteiger partial charge in [-0.3, -0.25) is 14.5 Å². The van der Waals surface area contributed by atoms with E-state index < -0.39 is 17.7 Å².